The summed E-state index contributed by atoms with van der Waals surface area (Å²) in [4.78, 5) is 35.3. The zero-order valence-corrected chi connectivity index (χ0v) is 35.0. The Hall–Kier alpha value is -0.990. The van der Waals surface area contributed by atoms with Crippen molar-refractivity contribution in [3.8, 4) is 0 Å². The number of nitrogens with zero attached hydrogens (tertiary/aromatic N) is 1. The zero-order chi connectivity index (χ0) is 37.9. The summed E-state index contributed by atoms with van der Waals surface area (Å²) >= 11 is 0. The Labute approximate surface area is 314 Å². The molecule has 0 heterocycles. The van der Waals surface area contributed by atoms with Crippen LogP contribution in [0.4, 0.5) is 0 Å². The first-order valence-electron chi connectivity index (χ1n) is 21.3. The molecule has 0 aliphatic rings. The van der Waals surface area contributed by atoms with Crippen molar-refractivity contribution in [3.63, 3.8) is 0 Å². The first-order valence-corrected chi connectivity index (χ1v) is 22.8. The third-order valence-electron chi connectivity index (χ3n) is 9.39. The lowest BCUT2D eigenvalue weighted by atomic mass is 10.0. The fourth-order valence-corrected chi connectivity index (χ4v) is 6.76. The summed E-state index contributed by atoms with van der Waals surface area (Å²) < 4.78 is 34.2. The second kappa shape index (κ2) is 34.8. The van der Waals surface area contributed by atoms with Crippen LogP contribution in [0.2, 0.25) is 0 Å². The van der Waals surface area contributed by atoms with E-state index in [0.29, 0.717) is 17.4 Å². The van der Waals surface area contributed by atoms with Gasteiger partial charge in [-0.2, -0.15) is 0 Å². The molecule has 0 aromatic carbocycles. The van der Waals surface area contributed by atoms with Gasteiger partial charge >= 0.3 is 19.8 Å². The molecule has 0 bridgehead atoms. The molecule has 0 aliphatic heterocycles. The topological polar surface area (TPSA) is 108 Å². The molecule has 2 unspecified atom stereocenters. The van der Waals surface area contributed by atoms with Gasteiger partial charge in [0, 0.05) is 12.8 Å². The van der Waals surface area contributed by atoms with Crippen molar-refractivity contribution < 1.29 is 42.1 Å². The highest BCUT2D eigenvalue weighted by atomic mass is 31.2. The zero-order valence-electron chi connectivity index (χ0n) is 34.1. The molecule has 0 saturated carbocycles. The molecule has 0 radical (unpaired) electrons. The number of carbonyl (C=O) groups is 2. The van der Waals surface area contributed by atoms with Crippen LogP contribution < -0.4 is 0 Å². The van der Waals surface area contributed by atoms with Gasteiger partial charge in [0.15, 0.2) is 6.10 Å². The standard InChI is InChI=1S/C41H82NO8P/c1-6-8-10-12-14-16-18-20-21-22-24-25-27-29-31-33-40(43)47-37-39(38-49-51(45,46)48-36-35-42(3,4)5)50-41(44)34-32-30-28-26-23-19-17-15-13-11-9-7-2/h39H,6-38H2,1-5H3/p+1. The fraction of sp³-hybridized carbons (Fsp3) is 0.951. The lowest BCUT2D eigenvalue weighted by Crippen LogP contribution is -2.37. The van der Waals surface area contributed by atoms with Crippen molar-refractivity contribution in [2.24, 2.45) is 0 Å². The molecule has 2 atom stereocenters. The van der Waals surface area contributed by atoms with Crippen molar-refractivity contribution in [3.05, 3.63) is 0 Å². The van der Waals surface area contributed by atoms with Gasteiger partial charge in [0.2, 0.25) is 0 Å². The van der Waals surface area contributed by atoms with E-state index >= 15 is 0 Å². The van der Waals surface area contributed by atoms with Crippen LogP contribution in [-0.4, -0.2) is 74.9 Å². The highest BCUT2D eigenvalue weighted by molar-refractivity contribution is 7.47. The van der Waals surface area contributed by atoms with E-state index in [1.54, 1.807) is 0 Å². The summed E-state index contributed by atoms with van der Waals surface area (Å²) in [7, 11) is 1.49. The van der Waals surface area contributed by atoms with Crippen molar-refractivity contribution >= 4 is 19.8 Å². The average molecular weight is 749 g/mol. The maximum Gasteiger partial charge on any atom is 0.472 e. The van der Waals surface area contributed by atoms with E-state index in [1.807, 2.05) is 21.1 Å². The van der Waals surface area contributed by atoms with Crippen LogP contribution in [0.25, 0.3) is 0 Å². The molecule has 0 aromatic heterocycles. The first kappa shape index (κ1) is 50.0. The number of carbonyl (C=O) groups excluding carboxylic acids is 2. The molecule has 51 heavy (non-hydrogen) atoms. The van der Waals surface area contributed by atoms with E-state index in [-0.39, 0.29) is 25.6 Å². The van der Waals surface area contributed by atoms with E-state index < -0.39 is 26.5 Å². The van der Waals surface area contributed by atoms with Gasteiger partial charge in [-0.1, -0.05) is 174 Å². The molecule has 0 saturated heterocycles. The third-order valence-corrected chi connectivity index (χ3v) is 10.4. The quantitative estimate of drug-likeness (QED) is 0.0286. The highest BCUT2D eigenvalue weighted by Crippen LogP contribution is 2.43. The van der Waals surface area contributed by atoms with Gasteiger partial charge in [0.25, 0.3) is 0 Å². The van der Waals surface area contributed by atoms with Crippen LogP contribution >= 0.6 is 7.82 Å². The van der Waals surface area contributed by atoms with Crippen LogP contribution in [0.15, 0.2) is 0 Å². The number of likely N-dealkylation sites (N-methyl/N-ethyl adjacent to an activating group) is 1. The molecular formula is C41H83NO8P+. The molecule has 0 fully saturated rings. The Balaban J connectivity index is 4.33. The van der Waals surface area contributed by atoms with Crippen molar-refractivity contribution in [2.75, 3.05) is 47.5 Å². The second-order valence-corrected chi connectivity index (χ2v) is 17.2. The largest absolute Gasteiger partial charge is 0.472 e. The van der Waals surface area contributed by atoms with E-state index in [9.17, 15) is 19.0 Å². The Kier molecular flexibility index (Phi) is 34.1. The van der Waals surface area contributed by atoms with Crippen LogP contribution in [0.3, 0.4) is 0 Å². The second-order valence-electron chi connectivity index (χ2n) is 15.7. The summed E-state index contributed by atoms with van der Waals surface area (Å²) in [5.74, 6) is -0.786. The number of hydrogen-bond acceptors (Lipinski definition) is 7. The maximum atomic E-state index is 12.6. The molecule has 0 amide bonds. The molecule has 10 heteroatoms. The molecule has 0 aromatic rings. The number of rotatable bonds is 39. The first-order chi connectivity index (χ1) is 24.5. The minimum absolute atomic E-state index is 0.0366. The monoisotopic (exact) mass is 749 g/mol. The van der Waals surface area contributed by atoms with Gasteiger partial charge in [-0.25, -0.2) is 4.57 Å². The third kappa shape index (κ3) is 38.5. The smallest absolute Gasteiger partial charge is 0.462 e. The number of phosphoric ester groups is 1. The number of phosphoric acid groups is 1. The van der Waals surface area contributed by atoms with Gasteiger partial charge in [-0.05, 0) is 12.8 Å². The Morgan fingerprint density at radius 3 is 1.25 bits per heavy atom. The number of esters is 2. The number of ether oxygens (including phenoxy) is 2. The van der Waals surface area contributed by atoms with Gasteiger partial charge in [0.1, 0.15) is 19.8 Å². The van der Waals surface area contributed by atoms with Crippen LogP contribution in [0.5, 0.6) is 0 Å². The van der Waals surface area contributed by atoms with Gasteiger partial charge in [-0.15, -0.1) is 0 Å². The number of quaternary nitrogens is 1. The Bertz CT molecular complexity index is 850. The van der Waals surface area contributed by atoms with Crippen LogP contribution in [0.1, 0.15) is 200 Å². The molecule has 0 rings (SSSR count). The van der Waals surface area contributed by atoms with Gasteiger partial charge in [0.05, 0.1) is 27.7 Å². The van der Waals surface area contributed by atoms with Crippen molar-refractivity contribution in [2.45, 2.75) is 206 Å². The van der Waals surface area contributed by atoms with Crippen LogP contribution in [-0.2, 0) is 32.7 Å². The van der Waals surface area contributed by atoms with Gasteiger partial charge < -0.3 is 18.9 Å². The van der Waals surface area contributed by atoms with E-state index in [1.165, 1.54) is 135 Å². The number of unbranched alkanes of at least 4 members (excludes halogenated alkanes) is 25. The van der Waals surface area contributed by atoms with E-state index in [4.69, 9.17) is 18.5 Å². The van der Waals surface area contributed by atoms with Crippen molar-refractivity contribution in [1.82, 2.24) is 0 Å². The minimum Gasteiger partial charge on any atom is -0.462 e. The molecule has 304 valence electrons. The summed E-state index contributed by atoms with van der Waals surface area (Å²) in [5.41, 5.74) is 0. The van der Waals surface area contributed by atoms with Gasteiger partial charge in [-0.3, -0.25) is 18.6 Å². The fourth-order valence-electron chi connectivity index (χ4n) is 6.01. The molecule has 0 aliphatic carbocycles. The molecular weight excluding hydrogens is 665 g/mol. The average Bonchev–Trinajstić information content (AvgIpc) is 3.07. The normalized spacial score (nSPS) is 13.6. The lowest BCUT2D eigenvalue weighted by Gasteiger charge is -2.24. The summed E-state index contributed by atoms with van der Waals surface area (Å²) in [5, 5.41) is 0. The van der Waals surface area contributed by atoms with E-state index in [2.05, 4.69) is 13.8 Å². The SMILES string of the molecule is CCCCCCCCCCCCCCCCCC(=O)OCC(COP(=O)(O)OCC[N+](C)(C)C)OC(=O)CCCCCCCCCCCCCC. The molecule has 9 nitrogen and oxygen atoms in total. The predicted molar refractivity (Wildman–Crippen MR) is 211 cm³/mol. The Morgan fingerprint density at radius 2 is 0.882 bits per heavy atom. The summed E-state index contributed by atoms with van der Waals surface area (Å²) in [6.07, 6.45) is 32.8. The van der Waals surface area contributed by atoms with Crippen molar-refractivity contribution in [1.29, 1.82) is 0 Å². The summed E-state index contributed by atoms with van der Waals surface area (Å²) in [6, 6.07) is 0. The molecule has 0 spiro atoms. The summed E-state index contributed by atoms with van der Waals surface area (Å²) in [6.45, 7) is 4.44. The number of hydrogen-bond donors (Lipinski definition) is 1. The predicted octanol–water partition coefficient (Wildman–Crippen LogP) is 11.6. The van der Waals surface area contributed by atoms with E-state index in [0.717, 1.165) is 38.5 Å². The maximum absolute atomic E-state index is 12.6. The lowest BCUT2D eigenvalue weighted by molar-refractivity contribution is -0.870. The van der Waals surface area contributed by atoms with Crippen LogP contribution in [0, 0.1) is 0 Å². The Morgan fingerprint density at radius 1 is 0.529 bits per heavy atom. The minimum atomic E-state index is -4.36. The highest BCUT2D eigenvalue weighted by Gasteiger charge is 2.27. The molecule has 1 N–H and O–H groups in total.